The first-order valence-electron chi connectivity index (χ1n) is 6.50. The molecule has 2 N–H and O–H groups in total. The predicted octanol–water partition coefficient (Wildman–Crippen LogP) is 2.29. The van der Waals surface area contributed by atoms with Crippen LogP contribution in [-0.4, -0.2) is 22.6 Å². The number of hydrogen-bond acceptors (Lipinski definition) is 2. The zero-order valence-electron chi connectivity index (χ0n) is 10.4. The zero-order chi connectivity index (χ0) is 11.4. The molecule has 3 nitrogen and oxygen atoms in total. The lowest BCUT2D eigenvalue weighted by molar-refractivity contribution is 0.395. The van der Waals surface area contributed by atoms with Gasteiger partial charge in [-0.3, -0.25) is 0 Å². The van der Waals surface area contributed by atoms with Gasteiger partial charge in [-0.05, 0) is 31.7 Å². The number of nitrogens with one attached hydrogen (secondary N) is 2. The molecular formula is C13H23N3. The second kappa shape index (κ2) is 5.48. The first-order valence-corrected chi connectivity index (χ1v) is 6.50. The molecule has 2 rings (SSSR count). The average Bonchev–Trinajstić information content (AvgIpc) is 2.66. The highest BCUT2D eigenvalue weighted by Crippen LogP contribution is 2.12. The van der Waals surface area contributed by atoms with Crippen LogP contribution in [0.25, 0.3) is 0 Å². The second-order valence-electron chi connectivity index (χ2n) is 5.30. The summed E-state index contributed by atoms with van der Waals surface area (Å²) in [4.78, 5) is 7.91. The van der Waals surface area contributed by atoms with Gasteiger partial charge in [0, 0.05) is 24.4 Å². The van der Waals surface area contributed by atoms with Crippen LogP contribution < -0.4 is 5.32 Å². The molecule has 0 aliphatic carbocycles. The third-order valence-corrected chi connectivity index (χ3v) is 3.16. The summed E-state index contributed by atoms with van der Waals surface area (Å²) in [6.45, 7) is 5.65. The minimum Gasteiger partial charge on any atom is -0.346 e. The van der Waals surface area contributed by atoms with E-state index in [1.54, 1.807) is 0 Å². The largest absolute Gasteiger partial charge is 0.346 e. The number of piperidine rings is 1. The molecule has 0 amide bonds. The monoisotopic (exact) mass is 221 g/mol. The molecule has 0 spiro atoms. The molecule has 3 heteroatoms. The molecule has 1 saturated heterocycles. The lowest BCUT2D eigenvalue weighted by Crippen LogP contribution is -2.35. The Bertz CT molecular complexity index is 311. The standard InChI is InChI=1S/C13H23N3/c1-10(2)7-12-9-15-13(16-12)8-11-5-3-4-6-14-11/h9-11,14H,3-8H2,1-2H3,(H,15,16). The average molecular weight is 221 g/mol. The molecule has 1 aliphatic heterocycles. The lowest BCUT2D eigenvalue weighted by atomic mass is 10.0. The van der Waals surface area contributed by atoms with E-state index in [0.29, 0.717) is 12.0 Å². The van der Waals surface area contributed by atoms with E-state index in [1.807, 2.05) is 6.20 Å². The number of rotatable bonds is 4. The van der Waals surface area contributed by atoms with Gasteiger partial charge in [0.2, 0.25) is 0 Å². The van der Waals surface area contributed by atoms with Gasteiger partial charge in [0.15, 0.2) is 0 Å². The Morgan fingerprint density at radius 1 is 1.44 bits per heavy atom. The Hall–Kier alpha value is -0.830. The summed E-state index contributed by atoms with van der Waals surface area (Å²) >= 11 is 0. The number of H-pyrrole nitrogens is 1. The van der Waals surface area contributed by atoms with Crippen LogP contribution in [0.1, 0.15) is 44.6 Å². The third-order valence-electron chi connectivity index (χ3n) is 3.16. The molecule has 0 aromatic carbocycles. The Morgan fingerprint density at radius 2 is 2.31 bits per heavy atom. The minimum atomic E-state index is 0.631. The molecular weight excluding hydrogens is 198 g/mol. The molecule has 0 radical (unpaired) electrons. The summed E-state index contributed by atoms with van der Waals surface area (Å²) in [5.41, 5.74) is 1.28. The molecule has 2 heterocycles. The van der Waals surface area contributed by atoms with Crippen molar-refractivity contribution < 1.29 is 0 Å². The van der Waals surface area contributed by atoms with E-state index in [-0.39, 0.29) is 0 Å². The number of nitrogens with zero attached hydrogens (tertiary/aromatic N) is 1. The molecule has 0 saturated carbocycles. The SMILES string of the molecule is CC(C)Cc1cnc(CC2CCCCN2)[nH]1. The number of aromatic nitrogens is 2. The van der Waals surface area contributed by atoms with Gasteiger partial charge in [-0.1, -0.05) is 20.3 Å². The van der Waals surface area contributed by atoms with Crippen LogP contribution in [0.15, 0.2) is 6.20 Å². The molecule has 1 aromatic heterocycles. The topological polar surface area (TPSA) is 40.7 Å². The van der Waals surface area contributed by atoms with E-state index in [0.717, 1.165) is 18.7 Å². The fourth-order valence-electron chi connectivity index (χ4n) is 2.38. The van der Waals surface area contributed by atoms with E-state index in [4.69, 9.17) is 0 Å². The van der Waals surface area contributed by atoms with Gasteiger partial charge >= 0.3 is 0 Å². The summed E-state index contributed by atoms with van der Waals surface area (Å²) in [6, 6.07) is 0.631. The van der Waals surface area contributed by atoms with Crippen molar-refractivity contribution in [3.8, 4) is 0 Å². The van der Waals surface area contributed by atoms with Crippen molar-refractivity contribution >= 4 is 0 Å². The maximum absolute atomic E-state index is 4.47. The number of hydrogen-bond donors (Lipinski definition) is 2. The highest BCUT2D eigenvalue weighted by atomic mass is 15.0. The number of imidazole rings is 1. The minimum absolute atomic E-state index is 0.631. The van der Waals surface area contributed by atoms with E-state index in [2.05, 4.69) is 29.1 Å². The summed E-state index contributed by atoms with van der Waals surface area (Å²) in [5, 5.41) is 3.56. The van der Waals surface area contributed by atoms with Crippen LogP contribution in [0.3, 0.4) is 0 Å². The van der Waals surface area contributed by atoms with E-state index >= 15 is 0 Å². The normalized spacial score (nSPS) is 21.6. The van der Waals surface area contributed by atoms with Crippen LogP contribution in [0, 0.1) is 5.92 Å². The summed E-state index contributed by atoms with van der Waals surface area (Å²) in [5.74, 6) is 1.84. The summed E-state index contributed by atoms with van der Waals surface area (Å²) in [7, 11) is 0. The quantitative estimate of drug-likeness (QED) is 0.819. The smallest absolute Gasteiger partial charge is 0.107 e. The van der Waals surface area contributed by atoms with E-state index < -0.39 is 0 Å². The fourth-order valence-corrected chi connectivity index (χ4v) is 2.38. The van der Waals surface area contributed by atoms with Crippen LogP contribution in [0.2, 0.25) is 0 Å². The van der Waals surface area contributed by atoms with Crippen LogP contribution in [-0.2, 0) is 12.8 Å². The third kappa shape index (κ3) is 3.34. The van der Waals surface area contributed by atoms with Crippen molar-refractivity contribution in [1.82, 2.24) is 15.3 Å². The second-order valence-corrected chi connectivity index (χ2v) is 5.30. The molecule has 90 valence electrons. The van der Waals surface area contributed by atoms with Crippen molar-refractivity contribution in [1.29, 1.82) is 0 Å². The zero-order valence-corrected chi connectivity index (χ0v) is 10.4. The molecule has 1 aliphatic rings. The Labute approximate surface area is 98.1 Å². The van der Waals surface area contributed by atoms with Gasteiger partial charge in [0.25, 0.3) is 0 Å². The molecule has 1 aromatic rings. The predicted molar refractivity (Wildman–Crippen MR) is 66.5 cm³/mol. The van der Waals surface area contributed by atoms with Crippen LogP contribution >= 0.6 is 0 Å². The summed E-state index contributed by atoms with van der Waals surface area (Å²) < 4.78 is 0. The Morgan fingerprint density at radius 3 is 3.00 bits per heavy atom. The van der Waals surface area contributed by atoms with Gasteiger partial charge in [-0.15, -0.1) is 0 Å². The maximum atomic E-state index is 4.47. The van der Waals surface area contributed by atoms with E-state index in [1.165, 1.54) is 31.5 Å². The first kappa shape index (κ1) is 11.6. The molecule has 16 heavy (non-hydrogen) atoms. The fraction of sp³-hybridized carbons (Fsp3) is 0.769. The first-order chi connectivity index (χ1) is 7.74. The highest BCUT2D eigenvalue weighted by Gasteiger charge is 2.14. The van der Waals surface area contributed by atoms with Gasteiger partial charge < -0.3 is 10.3 Å². The molecule has 1 unspecified atom stereocenters. The van der Waals surface area contributed by atoms with Gasteiger partial charge in [0.05, 0.1) is 0 Å². The van der Waals surface area contributed by atoms with Crippen molar-refractivity contribution in [2.75, 3.05) is 6.54 Å². The van der Waals surface area contributed by atoms with Crippen LogP contribution in [0.4, 0.5) is 0 Å². The molecule has 1 atom stereocenters. The van der Waals surface area contributed by atoms with Crippen molar-refractivity contribution in [2.24, 2.45) is 5.92 Å². The summed E-state index contributed by atoms with van der Waals surface area (Å²) in [6.07, 6.45) is 8.13. The van der Waals surface area contributed by atoms with Crippen molar-refractivity contribution in [2.45, 2.75) is 52.0 Å². The Balaban J connectivity index is 1.86. The van der Waals surface area contributed by atoms with Gasteiger partial charge in [0.1, 0.15) is 5.82 Å². The van der Waals surface area contributed by atoms with E-state index in [9.17, 15) is 0 Å². The van der Waals surface area contributed by atoms with Crippen molar-refractivity contribution in [3.63, 3.8) is 0 Å². The Kier molecular flexibility index (Phi) is 3.99. The van der Waals surface area contributed by atoms with Crippen molar-refractivity contribution in [3.05, 3.63) is 17.7 Å². The maximum Gasteiger partial charge on any atom is 0.107 e. The van der Waals surface area contributed by atoms with Gasteiger partial charge in [-0.2, -0.15) is 0 Å². The molecule has 0 bridgehead atoms. The highest BCUT2D eigenvalue weighted by molar-refractivity contribution is 5.03. The van der Waals surface area contributed by atoms with Gasteiger partial charge in [-0.25, -0.2) is 4.98 Å². The molecule has 1 fully saturated rings. The lowest BCUT2D eigenvalue weighted by Gasteiger charge is -2.22. The number of aromatic amines is 1. The van der Waals surface area contributed by atoms with Crippen LogP contribution in [0.5, 0.6) is 0 Å².